The molecule has 1 fully saturated rings. The number of benzene rings is 3. The Balaban J connectivity index is 1.62. The van der Waals surface area contributed by atoms with Gasteiger partial charge in [0.25, 0.3) is 11.6 Å². The van der Waals surface area contributed by atoms with E-state index in [1.54, 1.807) is 19.1 Å². The summed E-state index contributed by atoms with van der Waals surface area (Å²) in [6.07, 6.45) is 0. The maximum Gasteiger partial charge on any atom is 0.325 e. The highest BCUT2D eigenvalue weighted by Crippen LogP contribution is 2.32. The predicted molar refractivity (Wildman–Crippen MR) is 103 cm³/mol. The number of imide groups is 1. The third kappa shape index (κ3) is 2.87. The number of rotatable bonds is 4. The van der Waals surface area contributed by atoms with Crippen molar-refractivity contribution in [2.24, 2.45) is 0 Å². The maximum absolute atomic E-state index is 13.1. The second-order valence-corrected chi connectivity index (χ2v) is 6.93. The second kappa shape index (κ2) is 6.45. The number of nitro benzene ring substituents is 1. The van der Waals surface area contributed by atoms with Crippen LogP contribution in [-0.2, 0) is 16.9 Å². The van der Waals surface area contributed by atoms with Gasteiger partial charge in [0, 0.05) is 12.1 Å². The number of nitrogens with one attached hydrogen (secondary N) is 1. The van der Waals surface area contributed by atoms with Gasteiger partial charge in [-0.15, -0.1) is 0 Å². The molecule has 3 aromatic carbocycles. The van der Waals surface area contributed by atoms with Gasteiger partial charge in [0.15, 0.2) is 0 Å². The van der Waals surface area contributed by atoms with Gasteiger partial charge < -0.3 is 5.32 Å². The van der Waals surface area contributed by atoms with Gasteiger partial charge in [-0.05, 0) is 34.9 Å². The Morgan fingerprint density at radius 2 is 1.68 bits per heavy atom. The number of nitrogens with zero attached hydrogens (tertiary/aromatic N) is 2. The summed E-state index contributed by atoms with van der Waals surface area (Å²) in [5.41, 5.74) is 0.136. The van der Waals surface area contributed by atoms with Crippen LogP contribution in [0.1, 0.15) is 18.1 Å². The third-order valence-corrected chi connectivity index (χ3v) is 5.09. The van der Waals surface area contributed by atoms with Crippen molar-refractivity contribution in [2.75, 3.05) is 0 Å². The quantitative estimate of drug-likeness (QED) is 0.427. The number of hydrogen-bond donors (Lipinski definition) is 1. The van der Waals surface area contributed by atoms with Gasteiger partial charge in [0.2, 0.25) is 0 Å². The topological polar surface area (TPSA) is 92.6 Å². The molecule has 0 spiro atoms. The minimum absolute atomic E-state index is 0.0399. The van der Waals surface area contributed by atoms with E-state index in [1.807, 2.05) is 42.5 Å². The van der Waals surface area contributed by atoms with E-state index < -0.39 is 16.5 Å². The van der Waals surface area contributed by atoms with Crippen molar-refractivity contribution in [1.82, 2.24) is 10.2 Å². The van der Waals surface area contributed by atoms with Gasteiger partial charge >= 0.3 is 6.03 Å². The number of carbonyl (C=O) groups excluding carboxylic acids is 2. The smallest absolute Gasteiger partial charge is 0.319 e. The molecule has 7 nitrogen and oxygen atoms in total. The van der Waals surface area contributed by atoms with E-state index in [4.69, 9.17) is 0 Å². The average molecular weight is 375 g/mol. The molecule has 1 atom stereocenters. The normalized spacial score (nSPS) is 19.1. The van der Waals surface area contributed by atoms with Crippen LogP contribution in [-0.4, -0.2) is 21.8 Å². The van der Waals surface area contributed by atoms with Crippen LogP contribution >= 0.6 is 0 Å². The molecule has 1 heterocycles. The average Bonchev–Trinajstić information content (AvgIpc) is 2.92. The first kappa shape index (κ1) is 17.7. The summed E-state index contributed by atoms with van der Waals surface area (Å²) >= 11 is 0. The lowest BCUT2D eigenvalue weighted by Gasteiger charge is -2.22. The van der Waals surface area contributed by atoms with Crippen molar-refractivity contribution >= 4 is 28.4 Å². The minimum Gasteiger partial charge on any atom is -0.319 e. The van der Waals surface area contributed by atoms with Gasteiger partial charge in [0.1, 0.15) is 5.54 Å². The van der Waals surface area contributed by atoms with E-state index >= 15 is 0 Å². The number of amides is 3. The Hall–Kier alpha value is -3.74. The van der Waals surface area contributed by atoms with Crippen molar-refractivity contribution < 1.29 is 14.5 Å². The van der Waals surface area contributed by atoms with E-state index in [9.17, 15) is 19.7 Å². The number of hydrogen-bond acceptors (Lipinski definition) is 4. The third-order valence-electron chi connectivity index (χ3n) is 5.09. The van der Waals surface area contributed by atoms with Gasteiger partial charge in [-0.25, -0.2) is 4.79 Å². The summed E-state index contributed by atoms with van der Waals surface area (Å²) in [6.45, 7) is 1.74. The van der Waals surface area contributed by atoms with Crippen LogP contribution < -0.4 is 5.32 Å². The van der Waals surface area contributed by atoms with Gasteiger partial charge in [-0.1, -0.05) is 48.5 Å². The lowest BCUT2D eigenvalue weighted by atomic mass is 9.90. The van der Waals surface area contributed by atoms with Gasteiger partial charge in [0.05, 0.1) is 11.5 Å². The first-order valence-electron chi connectivity index (χ1n) is 8.75. The molecule has 3 amide bonds. The van der Waals surface area contributed by atoms with E-state index in [1.165, 1.54) is 12.1 Å². The summed E-state index contributed by atoms with van der Waals surface area (Å²) in [7, 11) is 0. The number of nitro groups is 1. The number of non-ortho nitro benzene ring substituents is 1. The lowest BCUT2D eigenvalue weighted by molar-refractivity contribution is -0.384. The Morgan fingerprint density at radius 1 is 1.00 bits per heavy atom. The van der Waals surface area contributed by atoms with Crippen LogP contribution in [0.5, 0.6) is 0 Å². The zero-order valence-electron chi connectivity index (χ0n) is 15.1. The van der Waals surface area contributed by atoms with Crippen LogP contribution in [0.4, 0.5) is 10.5 Å². The largest absolute Gasteiger partial charge is 0.325 e. The Kier molecular flexibility index (Phi) is 4.07. The Morgan fingerprint density at radius 3 is 2.36 bits per heavy atom. The van der Waals surface area contributed by atoms with Crippen LogP contribution in [0.2, 0.25) is 0 Å². The van der Waals surface area contributed by atoms with Gasteiger partial charge in [-0.2, -0.15) is 0 Å². The molecule has 0 radical (unpaired) electrons. The molecular weight excluding hydrogens is 358 g/mol. The lowest BCUT2D eigenvalue weighted by Crippen LogP contribution is -2.40. The SMILES string of the molecule is C[C@@]1(c2ccc3ccccc3c2)NC(=O)N(Cc2ccc([N+](=O)[O-])cc2)C1=O. The fourth-order valence-electron chi connectivity index (χ4n) is 3.44. The molecule has 0 unspecified atom stereocenters. The summed E-state index contributed by atoms with van der Waals surface area (Å²) in [5, 5.41) is 15.6. The van der Waals surface area contributed by atoms with Crippen molar-refractivity contribution in [1.29, 1.82) is 0 Å². The molecule has 0 aliphatic carbocycles. The Bertz CT molecular complexity index is 1110. The maximum atomic E-state index is 13.1. The molecule has 0 saturated carbocycles. The van der Waals surface area contributed by atoms with Crippen molar-refractivity contribution in [3.8, 4) is 0 Å². The molecule has 3 aromatic rings. The van der Waals surface area contributed by atoms with Crippen molar-refractivity contribution in [2.45, 2.75) is 19.0 Å². The second-order valence-electron chi connectivity index (χ2n) is 6.93. The fourth-order valence-corrected chi connectivity index (χ4v) is 3.44. The van der Waals surface area contributed by atoms with Gasteiger partial charge in [-0.3, -0.25) is 19.8 Å². The van der Waals surface area contributed by atoms with E-state index in [0.29, 0.717) is 11.1 Å². The van der Waals surface area contributed by atoms with Crippen LogP contribution in [0.15, 0.2) is 66.7 Å². The first-order valence-corrected chi connectivity index (χ1v) is 8.75. The Labute approximate surface area is 160 Å². The summed E-state index contributed by atoms with van der Waals surface area (Å²) in [6, 6.07) is 18.8. The minimum atomic E-state index is -1.16. The molecule has 7 heteroatoms. The summed E-state index contributed by atoms with van der Waals surface area (Å²) < 4.78 is 0. The van der Waals surface area contributed by atoms with Crippen LogP contribution in [0, 0.1) is 10.1 Å². The molecule has 4 rings (SSSR count). The summed E-state index contributed by atoms with van der Waals surface area (Å²) in [4.78, 5) is 37.0. The standard InChI is InChI=1S/C21H17N3O4/c1-21(17-9-8-15-4-2-3-5-16(15)12-17)19(25)23(20(26)22-21)13-14-6-10-18(11-7-14)24(27)28/h2-12H,13H2,1H3,(H,22,26)/t21-/m0/s1. The molecule has 0 bridgehead atoms. The van der Waals surface area contributed by atoms with Crippen LogP contribution in [0.25, 0.3) is 10.8 Å². The molecule has 28 heavy (non-hydrogen) atoms. The highest BCUT2D eigenvalue weighted by Gasteiger charge is 2.48. The number of fused-ring (bicyclic) bond motifs is 1. The number of urea groups is 1. The van der Waals surface area contributed by atoms with Crippen LogP contribution in [0.3, 0.4) is 0 Å². The van der Waals surface area contributed by atoms with Crippen molar-refractivity contribution in [3.63, 3.8) is 0 Å². The van der Waals surface area contributed by atoms with E-state index in [2.05, 4.69) is 5.32 Å². The molecular formula is C21H17N3O4. The molecule has 0 aromatic heterocycles. The zero-order valence-corrected chi connectivity index (χ0v) is 15.1. The number of carbonyl (C=O) groups is 2. The highest BCUT2D eigenvalue weighted by molar-refractivity contribution is 6.07. The molecule has 1 N–H and O–H groups in total. The highest BCUT2D eigenvalue weighted by atomic mass is 16.6. The zero-order chi connectivity index (χ0) is 19.9. The first-order chi connectivity index (χ1) is 13.4. The summed E-state index contributed by atoms with van der Waals surface area (Å²) in [5.74, 6) is -0.355. The molecule has 1 saturated heterocycles. The molecule has 140 valence electrons. The molecule has 1 aliphatic heterocycles. The van der Waals surface area contributed by atoms with Crippen molar-refractivity contribution in [3.05, 3.63) is 88.0 Å². The molecule has 1 aliphatic rings. The van der Waals surface area contributed by atoms with E-state index in [-0.39, 0.29) is 18.1 Å². The monoisotopic (exact) mass is 375 g/mol. The predicted octanol–water partition coefficient (Wildman–Crippen LogP) is 3.72. The van der Waals surface area contributed by atoms with E-state index in [0.717, 1.165) is 15.7 Å². The fraction of sp³-hybridized carbons (Fsp3) is 0.143.